The SMILES string of the molecule is CC(Sc1nnc(N2CCCC2)n1C1CC1)C(=O)Nc1ccc2c(c1)CCC2. The molecule has 0 radical (unpaired) electrons. The van der Waals surface area contributed by atoms with Crippen LogP contribution < -0.4 is 10.2 Å². The van der Waals surface area contributed by atoms with Gasteiger partial charge in [0.2, 0.25) is 11.9 Å². The highest BCUT2D eigenvalue weighted by atomic mass is 32.2. The zero-order chi connectivity index (χ0) is 19.1. The number of fused-ring (bicyclic) bond motifs is 1. The van der Waals surface area contributed by atoms with Crippen molar-refractivity contribution in [2.75, 3.05) is 23.3 Å². The number of thioether (sulfide) groups is 1. The molecule has 2 aromatic rings. The van der Waals surface area contributed by atoms with E-state index in [-0.39, 0.29) is 11.2 Å². The predicted octanol–water partition coefficient (Wildman–Crippen LogP) is 3.82. The van der Waals surface area contributed by atoms with Gasteiger partial charge in [0.25, 0.3) is 0 Å². The summed E-state index contributed by atoms with van der Waals surface area (Å²) in [6, 6.07) is 6.81. The maximum absolute atomic E-state index is 12.8. The Bertz CT molecular complexity index is 885. The fourth-order valence-electron chi connectivity index (χ4n) is 4.24. The van der Waals surface area contributed by atoms with Crippen molar-refractivity contribution in [2.45, 2.75) is 68.3 Å². The first-order valence-corrected chi connectivity index (χ1v) is 11.4. The van der Waals surface area contributed by atoms with Crippen LogP contribution in [0.15, 0.2) is 23.4 Å². The number of hydrogen-bond acceptors (Lipinski definition) is 5. The molecule has 5 rings (SSSR count). The van der Waals surface area contributed by atoms with Gasteiger partial charge in [-0.1, -0.05) is 17.8 Å². The van der Waals surface area contributed by atoms with Crippen LogP contribution in [0.5, 0.6) is 0 Å². The van der Waals surface area contributed by atoms with E-state index in [9.17, 15) is 4.79 Å². The minimum Gasteiger partial charge on any atom is -0.341 e. The molecule has 6 nitrogen and oxygen atoms in total. The second-order valence-corrected chi connectivity index (χ2v) is 9.47. The fourth-order valence-corrected chi connectivity index (χ4v) is 5.15. The van der Waals surface area contributed by atoms with Crippen LogP contribution in [0.1, 0.15) is 56.2 Å². The third kappa shape index (κ3) is 3.52. The molecule has 148 valence electrons. The lowest BCUT2D eigenvalue weighted by Crippen LogP contribution is -2.24. The lowest BCUT2D eigenvalue weighted by Gasteiger charge is -2.18. The van der Waals surface area contributed by atoms with E-state index in [4.69, 9.17) is 0 Å². The maximum Gasteiger partial charge on any atom is 0.237 e. The smallest absolute Gasteiger partial charge is 0.237 e. The molecule has 0 bridgehead atoms. The summed E-state index contributed by atoms with van der Waals surface area (Å²) in [6.07, 6.45) is 8.30. The Morgan fingerprint density at radius 1 is 1.14 bits per heavy atom. The Labute approximate surface area is 170 Å². The molecule has 2 fully saturated rings. The molecule has 3 aliphatic rings. The van der Waals surface area contributed by atoms with Gasteiger partial charge in [-0.2, -0.15) is 0 Å². The number of aryl methyl sites for hydroxylation is 2. The summed E-state index contributed by atoms with van der Waals surface area (Å²) in [5.41, 5.74) is 3.70. The Morgan fingerprint density at radius 3 is 2.71 bits per heavy atom. The lowest BCUT2D eigenvalue weighted by molar-refractivity contribution is -0.115. The summed E-state index contributed by atoms with van der Waals surface area (Å²) in [5, 5.41) is 12.7. The molecule has 1 saturated heterocycles. The molecule has 1 amide bonds. The van der Waals surface area contributed by atoms with Crippen LogP contribution in [0.3, 0.4) is 0 Å². The van der Waals surface area contributed by atoms with Gasteiger partial charge in [0.15, 0.2) is 5.16 Å². The molecular formula is C21H27N5OS. The van der Waals surface area contributed by atoms with Crippen molar-refractivity contribution >= 4 is 29.3 Å². The van der Waals surface area contributed by atoms with Crippen LogP contribution in [0.2, 0.25) is 0 Å². The van der Waals surface area contributed by atoms with Gasteiger partial charge in [-0.3, -0.25) is 9.36 Å². The molecule has 1 unspecified atom stereocenters. The minimum absolute atomic E-state index is 0.0241. The summed E-state index contributed by atoms with van der Waals surface area (Å²) in [5.74, 6) is 1.02. The van der Waals surface area contributed by atoms with Crippen LogP contribution in [-0.2, 0) is 17.6 Å². The molecular weight excluding hydrogens is 370 g/mol. The largest absolute Gasteiger partial charge is 0.341 e. The third-order valence-corrected chi connectivity index (χ3v) is 7.02. The van der Waals surface area contributed by atoms with Crippen molar-refractivity contribution in [3.05, 3.63) is 29.3 Å². The van der Waals surface area contributed by atoms with Gasteiger partial charge in [-0.25, -0.2) is 0 Å². The normalized spacial score (nSPS) is 19.7. The Balaban J connectivity index is 1.28. The number of aromatic nitrogens is 3. The highest BCUT2D eigenvalue weighted by Crippen LogP contribution is 2.42. The standard InChI is InChI=1S/C21H27N5OS/c1-14(19(27)22-17-8-7-15-5-4-6-16(15)13-17)28-21-24-23-20(25-11-2-3-12-25)26(21)18-9-10-18/h7-8,13-14,18H,2-6,9-12H2,1H3,(H,22,27). The van der Waals surface area contributed by atoms with Gasteiger partial charge in [0.1, 0.15) is 0 Å². The molecule has 2 aliphatic carbocycles. The highest BCUT2D eigenvalue weighted by molar-refractivity contribution is 8.00. The Morgan fingerprint density at radius 2 is 1.93 bits per heavy atom. The second-order valence-electron chi connectivity index (χ2n) is 8.16. The molecule has 2 heterocycles. The highest BCUT2D eigenvalue weighted by Gasteiger charge is 2.33. The van der Waals surface area contributed by atoms with Gasteiger partial charge < -0.3 is 10.2 Å². The predicted molar refractivity (Wildman–Crippen MR) is 112 cm³/mol. The third-order valence-electron chi connectivity index (χ3n) is 5.96. The lowest BCUT2D eigenvalue weighted by atomic mass is 10.1. The number of carbonyl (C=O) groups is 1. The van der Waals surface area contributed by atoms with Crippen LogP contribution >= 0.6 is 11.8 Å². The summed E-state index contributed by atoms with van der Waals surface area (Å²) >= 11 is 1.52. The number of nitrogens with zero attached hydrogens (tertiary/aromatic N) is 4. The van der Waals surface area contributed by atoms with Crippen molar-refractivity contribution in [1.29, 1.82) is 0 Å². The van der Waals surface area contributed by atoms with E-state index in [1.807, 2.05) is 13.0 Å². The molecule has 1 atom stereocenters. The number of nitrogens with one attached hydrogen (secondary N) is 1. The van der Waals surface area contributed by atoms with Crippen molar-refractivity contribution in [2.24, 2.45) is 0 Å². The number of rotatable bonds is 6. The van der Waals surface area contributed by atoms with Gasteiger partial charge >= 0.3 is 0 Å². The molecule has 1 saturated carbocycles. The van der Waals surface area contributed by atoms with Gasteiger partial charge in [0, 0.05) is 24.8 Å². The first kappa shape index (κ1) is 18.0. The average molecular weight is 398 g/mol. The molecule has 1 aromatic heterocycles. The number of anilines is 2. The van der Waals surface area contributed by atoms with Crippen molar-refractivity contribution in [3.63, 3.8) is 0 Å². The zero-order valence-electron chi connectivity index (χ0n) is 16.4. The van der Waals surface area contributed by atoms with Crippen LogP contribution in [0.4, 0.5) is 11.6 Å². The van der Waals surface area contributed by atoms with Crippen LogP contribution in [0, 0.1) is 0 Å². The zero-order valence-corrected chi connectivity index (χ0v) is 17.2. The van der Waals surface area contributed by atoms with Gasteiger partial charge in [-0.05, 0) is 75.1 Å². The van der Waals surface area contributed by atoms with Crippen LogP contribution in [-0.4, -0.2) is 39.0 Å². The quantitative estimate of drug-likeness (QED) is 0.751. The van der Waals surface area contributed by atoms with E-state index in [0.717, 1.165) is 42.7 Å². The van der Waals surface area contributed by atoms with Crippen molar-refractivity contribution in [1.82, 2.24) is 14.8 Å². The fraction of sp³-hybridized carbons (Fsp3) is 0.571. The van der Waals surface area contributed by atoms with E-state index in [1.165, 1.54) is 55.0 Å². The average Bonchev–Trinajstić information content (AvgIpc) is 3.11. The van der Waals surface area contributed by atoms with Crippen molar-refractivity contribution in [3.8, 4) is 0 Å². The molecule has 1 N–H and O–H groups in total. The molecule has 28 heavy (non-hydrogen) atoms. The van der Waals surface area contributed by atoms with E-state index in [0.29, 0.717) is 6.04 Å². The maximum atomic E-state index is 12.8. The monoisotopic (exact) mass is 397 g/mol. The number of benzene rings is 1. The first-order valence-electron chi connectivity index (χ1n) is 10.5. The molecule has 7 heteroatoms. The summed E-state index contributed by atoms with van der Waals surface area (Å²) < 4.78 is 2.27. The van der Waals surface area contributed by atoms with Gasteiger partial charge in [0.05, 0.1) is 5.25 Å². The van der Waals surface area contributed by atoms with E-state index in [2.05, 4.69) is 37.1 Å². The summed E-state index contributed by atoms with van der Waals surface area (Å²) in [7, 11) is 0. The number of hydrogen-bond donors (Lipinski definition) is 1. The Kier molecular flexibility index (Phi) is 4.78. The van der Waals surface area contributed by atoms with Crippen LogP contribution in [0.25, 0.3) is 0 Å². The Hall–Kier alpha value is -2.02. The van der Waals surface area contributed by atoms with E-state index < -0.39 is 0 Å². The number of carbonyl (C=O) groups excluding carboxylic acids is 1. The molecule has 0 spiro atoms. The summed E-state index contributed by atoms with van der Waals surface area (Å²) in [6.45, 7) is 4.07. The minimum atomic E-state index is -0.221. The molecule has 1 aromatic carbocycles. The number of amides is 1. The topological polar surface area (TPSA) is 63.1 Å². The van der Waals surface area contributed by atoms with Gasteiger partial charge in [-0.15, -0.1) is 10.2 Å². The van der Waals surface area contributed by atoms with E-state index >= 15 is 0 Å². The van der Waals surface area contributed by atoms with Crippen molar-refractivity contribution < 1.29 is 4.79 Å². The molecule has 1 aliphatic heterocycles. The van der Waals surface area contributed by atoms with E-state index in [1.54, 1.807) is 0 Å². The second kappa shape index (κ2) is 7.43. The summed E-state index contributed by atoms with van der Waals surface area (Å²) in [4.78, 5) is 15.1. The first-order chi connectivity index (χ1) is 13.7.